The quantitative estimate of drug-likeness (QED) is 0.614. The summed E-state index contributed by atoms with van der Waals surface area (Å²) in [5, 5.41) is 12.3. The van der Waals surface area contributed by atoms with E-state index in [1.807, 2.05) is 12.1 Å². The number of aliphatic hydroxyl groups is 1. The van der Waals surface area contributed by atoms with Gasteiger partial charge in [-0.1, -0.05) is 6.92 Å². The Morgan fingerprint density at radius 2 is 1.89 bits per heavy atom. The zero-order valence-electron chi connectivity index (χ0n) is 16.3. The number of hydrogen-bond donors (Lipinski definition) is 1. The van der Waals surface area contributed by atoms with Crippen molar-refractivity contribution >= 4 is 27.2 Å². The Hall–Kier alpha value is -2.15. The van der Waals surface area contributed by atoms with Crippen LogP contribution >= 0.6 is 11.3 Å². The third-order valence-corrected chi connectivity index (χ3v) is 6.18. The van der Waals surface area contributed by atoms with Gasteiger partial charge in [0, 0.05) is 44.8 Å². The zero-order valence-corrected chi connectivity index (χ0v) is 17.1. The number of aliphatic hydroxyl groups excluding tert-OH is 1. The van der Waals surface area contributed by atoms with Crippen LogP contribution in [0.2, 0.25) is 0 Å². The summed E-state index contributed by atoms with van der Waals surface area (Å²) in [6.07, 6.45) is 0.646. The number of thiophene rings is 1. The van der Waals surface area contributed by atoms with Crippen LogP contribution < -0.4 is 9.64 Å². The van der Waals surface area contributed by atoms with Crippen molar-refractivity contribution in [2.75, 3.05) is 50.8 Å². The molecule has 0 radical (unpaired) electrons. The van der Waals surface area contributed by atoms with Gasteiger partial charge in [-0.3, -0.25) is 0 Å². The molecule has 3 heterocycles. The van der Waals surface area contributed by atoms with Crippen molar-refractivity contribution in [2.45, 2.75) is 13.3 Å². The summed E-state index contributed by atoms with van der Waals surface area (Å²) in [6.45, 7) is 8.25. The fourth-order valence-electron chi connectivity index (χ4n) is 3.57. The third-order valence-electron chi connectivity index (χ3n) is 5.26. The summed E-state index contributed by atoms with van der Waals surface area (Å²) in [5.74, 6) is 1.94. The van der Waals surface area contributed by atoms with Gasteiger partial charge in [0.1, 0.15) is 11.6 Å². The summed E-state index contributed by atoms with van der Waals surface area (Å²) < 4.78 is 6.92. The molecule has 1 saturated heterocycles. The van der Waals surface area contributed by atoms with Crippen LogP contribution in [0.15, 0.2) is 41.8 Å². The smallest absolute Gasteiger partial charge is 0.147 e. The van der Waals surface area contributed by atoms with Gasteiger partial charge < -0.3 is 19.6 Å². The molecule has 0 spiro atoms. The van der Waals surface area contributed by atoms with Gasteiger partial charge in [-0.15, -0.1) is 11.3 Å². The van der Waals surface area contributed by atoms with Crippen LogP contribution in [0.5, 0.6) is 5.75 Å². The number of aromatic nitrogens is 1. The van der Waals surface area contributed by atoms with Crippen LogP contribution in [0.3, 0.4) is 0 Å². The summed E-state index contributed by atoms with van der Waals surface area (Å²) in [4.78, 5) is 9.99. The molecular weight excluding hydrogens is 370 g/mol. The Morgan fingerprint density at radius 3 is 2.61 bits per heavy atom. The molecule has 1 N–H and O–H groups in total. The van der Waals surface area contributed by atoms with E-state index in [0.29, 0.717) is 13.0 Å². The van der Waals surface area contributed by atoms with Crippen molar-refractivity contribution in [1.82, 2.24) is 9.88 Å². The molecule has 0 amide bonds. The van der Waals surface area contributed by atoms with Crippen LogP contribution in [0.4, 0.5) is 5.82 Å². The first-order chi connectivity index (χ1) is 13.8. The summed E-state index contributed by atoms with van der Waals surface area (Å²) >= 11 is 1.77. The first-order valence-electron chi connectivity index (χ1n) is 9.98. The topological polar surface area (TPSA) is 48.8 Å². The van der Waals surface area contributed by atoms with Crippen molar-refractivity contribution in [2.24, 2.45) is 0 Å². The molecule has 0 saturated carbocycles. The predicted molar refractivity (Wildman–Crippen MR) is 117 cm³/mol. The van der Waals surface area contributed by atoms with Gasteiger partial charge in [0.15, 0.2) is 0 Å². The highest BCUT2D eigenvalue weighted by Gasteiger charge is 2.20. The van der Waals surface area contributed by atoms with Gasteiger partial charge in [-0.2, -0.15) is 0 Å². The van der Waals surface area contributed by atoms with E-state index < -0.39 is 0 Å². The van der Waals surface area contributed by atoms with Gasteiger partial charge in [0.25, 0.3) is 0 Å². The maximum Gasteiger partial charge on any atom is 0.147 e. The van der Waals surface area contributed by atoms with Gasteiger partial charge in [0.05, 0.1) is 17.0 Å². The van der Waals surface area contributed by atoms with E-state index in [1.165, 1.54) is 10.1 Å². The summed E-state index contributed by atoms with van der Waals surface area (Å²) in [6, 6.07) is 12.4. The first-order valence-corrected chi connectivity index (χ1v) is 10.9. The standard InChI is InChI=1S/C22H27N3O2S/c1-2-24-9-11-25(12-10-24)22-21-18(8-15-28-21)16-20(23-22)17-4-6-19(7-5-17)27-14-3-13-26/h4-8,15-16,26H,2-3,9-14H2,1H3. The Bertz CT molecular complexity index is 902. The average molecular weight is 398 g/mol. The van der Waals surface area contributed by atoms with Crippen LogP contribution in [-0.2, 0) is 0 Å². The number of benzene rings is 1. The number of hydrogen-bond acceptors (Lipinski definition) is 6. The molecule has 1 aromatic carbocycles. The molecule has 5 nitrogen and oxygen atoms in total. The molecule has 1 aliphatic heterocycles. The Kier molecular flexibility index (Phi) is 6.10. The minimum Gasteiger partial charge on any atom is -0.494 e. The Morgan fingerprint density at radius 1 is 1.11 bits per heavy atom. The molecule has 6 heteroatoms. The maximum absolute atomic E-state index is 8.87. The molecule has 1 aliphatic rings. The van der Waals surface area contributed by atoms with Gasteiger partial charge >= 0.3 is 0 Å². The molecule has 4 rings (SSSR count). The minimum absolute atomic E-state index is 0.151. The zero-order chi connectivity index (χ0) is 19.3. The second-order valence-electron chi connectivity index (χ2n) is 7.04. The number of ether oxygens (including phenoxy) is 1. The lowest BCUT2D eigenvalue weighted by Gasteiger charge is -2.35. The number of fused-ring (bicyclic) bond motifs is 1. The van der Waals surface area contributed by atoms with Crippen LogP contribution in [0, 0.1) is 0 Å². The number of likely N-dealkylation sites (N-methyl/N-ethyl adjacent to an activating group) is 1. The fourth-order valence-corrected chi connectivity index (χ4v) is 4.47. The van der Waals surface area contributed by atoms with Crippen molar-refractivity contribution in [1.29, 1.82) is 0 Å². The highest BCUT2D eigenvalue weighted by atomic mass is 32.1. The predicted octanol–water partition coefficient (Wildman–Crippen LogP) is 3.87. The van der Waals surface area contributed by atoms with Crippen LogP contribution in [0.1, 0.15) is 13.3 Å². The van der Waals surface area contributed by atoms with Crippen molar-refractivity contribution in [3.05, 3.63) is 41.8 Å². The molecule has 148 valence electrons. The molecular formula is C22H27N3O2S. The SMILES string of the molecule is CCN1CCN(c2nc(-c3ccc(OCCCO)cc3)cc3ccsc23)CC1. The van der Waals surface area contributed by atoms with Gasteiger partial charge in [-0.25, -0.2) is 4.98 Å². The van der Waals surface area contributed by atoms with E-state index in [2.05, 4.69) is 46.4 Å². The summed E-state index contributed by atoms with van der Waals surface area (Å²) in [7, 11) is 0. The molecule has 1 fully saturated rings. The lowest BCUT2D eigenvalue weighted by atomic mass is 10.1. The molecule has 2 aromatic heterocycles. The Labute approximate surface area is 170 Å². The average Bonchev–Trinajstić information content (AvgIpc) is 3.23. The second-order valence-corrected chi connectivity index (χ2v) is 7.96. The van der Waals surface area contributed by atoms with E-state index in [-0.39, 0.29) is 6.61 Å². The van der Waals surface area contributed by atoms with E-state index in [0.717, 1.165) is 55.5 Å². The molecule has 0 atom stereocenters. The number of nitrogens with zero attached hydrogens (tertiary/aromatic N) is 3. The first kappa shape index (κ1) is 19.2. The number of rotatable bonds is 7. The van der Waals surface area contributed by atoms with E-state index >= 15 is 0 Å². The van der Waals surface area contributed by atoms with Crippen LogP contribution in [0.25, 0.3) is 21.3 Å². The van der Waals surface area contributed by atoms with E-state index in [1.54, 1.807) is 11.3 Å². The van der Waals surface area contributed by atoms with Gasteiger partial charge in [0.2, 0.25) is 0 Å². The molecule has 0 unspecified atom stereocenters. The molecule has 0 aliphatic carbocycles. The normalized spacial score (nSPS) is 15.3. The Balaban J connectivity index is 1.60. The molecule has 0 bridgehead atoms. The monoisotopic (exact) mass is 397 g/mol. The molecule has 3 aromatic rings. The van der Waals surface area contributed by atoms with E-state index in [9.17, 15) is 0 Å². The lowest BCUT2D eigenvalue weighted by molar-refractivity contribution is 0.233. The fraction of sp³-hybridized carbons (Fsp3) is 0.409. The summed E-state index contributed by atoms with van der Waals surface area (Å²) in [5.41, 5.74) is 2.09. The number of piperazine rings is 1. The third kappa shape index (κ3) is 4.14. The van der Waals surface area contributed by atoms with Crippen molar-refractivity contribution in [3.8, 4) is 17.0 Å². The second kappa shape index (κ2) is 8.90. The minimum atomic E-state index is 0.151. The van der Waals surface area contributed by atoms with E-state index in [4.69, 9.17) is 14.8 Å². The highest BCUT2D eigenvalue weighted by molar-refractivity contribution is 7.17. The molecule has 28 heavy (non-hydrogen) atoms. The van der Waals surface area contributed by atoms with Crippen molar-refractivity contribution in [3.63, 3.8) is 0 Å². The number of pyridine rings is 1. The van der Waals surface area contributed by atoms with Gasteiger partial charge in [-0.05, 0) is 53.7 Å². The highest BCUT2D eigenvalue weighted by Crippen LogP contribution is 2.34. The largest absolute Gasteiger partial charge is 0.494 e. The maximum atomic E-state index is 8.87. The number of anilines is 1. The lowest BCUT2D eigenvalue weighted by Crippen LogP contribution is -2.46. The van der Waals surface area contributed by atoms with Crippen molar-refractivity contribution < 1.29 is 9.84 Å². The van der Waals surface area contributed by atoms with Crippen LogP contribution in [-0.4, -0.2) is 60.9 Å².